The van der Waals surface area contributed by atoms with Crippen molar-refractivity contribution in [1.29, 1.82) is 0 Å². The van der Waals surface area contributed by atoms with Gasteiger partial charge in [0.25, 0.3) is 5.56 Å². The van der Waals surface area contributed by atoms with Crippen molar-refractivity contribution < 1.29 is 0 Å². The quantitative estimate of drug-likeness (QED) is 0.868. The maximum Gasteiger partial charge on any atom is 0.250 e. The van der Waals surface area contributed by atoms with E-state index in [1.54, 1.807) is 10.6 Å². The number of hydrogen-bond acceptors (Lipinski definition) is 2. The molecule has 3 unspecified atom stereocenters. The van der Waals surface area contributed by atoms with Gasteiger partial charge in [-0.3, -0.25) is 4.79 Å². The number of pyridine rings is 1. The van der Waals surface area contributed by atoms with Crippen LogP contribution >= 0.6 is 0 Å². The van der Waals surface area contributed by atoms with Crippen LogP contribution in [0.15, 0.2) is 23.1 Å². The van der Waals surface area contributed by atoms with Crippen LogP contribution in [-0.2, 0) is 6.54 Å². The molecule has 1 heterocycles. The lowest BCUT2D eigenvalue weighted by atomic mass is 9.95. The maximum atomic E-state index is 11.5. The van der Waals surface area contributed by atoms with E-state index in [0.717, 1.165) is 24.1 Å². The Labute approximate surface area is 102 Å². The number of nitrogens with zero attached hydrogens (tertiary/aromatic N) is 1. The summed E-state index contributed by atoms with van der Waals surface area (Å²) in [5.74, 6) is 1.82. The molecule has 3 atom stereocenters. The molecule has 92 valence electrons. The third-order valence-electron chi connectivity index (χ3n) is 4.41. The lowest BCUT2D eigenvalue weighted by Gasteiger charge is -2.24. The SMILES string of the molecule is CCn1cc(NC2CC3CCC2C3)ccc1=O. The zero-order valence-electron chi connectivity index (χ0n) is 10.4. The average molecular weight is 232 g/mol. The summed E-state index contributed by atoms with van der Waals surface area (Å²) >= 11 is 0. The van der Waals surface area contributed by atoms with Crippen LogP contribution in [0.5, 0.6) is 0 Å². The molecule has 3 heteroatoms. The van der Waals surface area contributed by atoms with Crippen molar-refractivity contribution in [3.63, 3.8) is 0 Å². The number of rotatable bonds is 3. The molecular weight excluding hydrogens is 212 g/mol. The molecule has 0 amide bonds. The first-order valence-electron chi connectivity index (χ1n) is 6.73. The summed E-state index contributed by atoms with van der Waals surface area (Å²) < 4.78 is 1.76. The van der Waals surface area contributed by atoms with Gasteiger partial charge in [0.2, 0.25) is 0 Å². The molecule has 17 heavy (non-hydrogen) atoms. The highest BCUT2D eigenvalue weighted by atomic mass is 16.1. The van der Waals surface area contributed by atoms with Crippen LogP contribution in [0, 0.1) is 11.8 Å². The van der Waals surface area contributed by atoms with Crippen LogP contribution in [0.4, 0.5) is 5.69 Å². The van der Waals surface area contributed by atoms with E-state index in [4.69, 9.17) is 0 Å². The Morgan fingerprint density at radius 3 is 2.88 bits per heavy atom. The molecule has 0 aliphatic heterocycles. The molecule has 1 aromatic heterocycles. The van der Waals surface area contributed by atoms with Crippen molar-refractivity contribution in [3.8, 4) is 0 Å². The molecule has 0 spiro atoms. The molecule has 1 N–H and O–H groups in total. The van der Waals surface area contributed by atoms with Crippen LogP contribution in [0.2, 0.25) is 0 Å². The lowest BCUT2D eigenvalue weighted by molar-refractivity contribution is 0.439. The summed E-state index contributed by atoms with van der Waals surface area (Å²) in [6.07, 6.45) is 7.49. The second-order valence-electron chi connectivity index (χ2n) is 5.47. The summed E-state index contributed by atoms with van der Waals surface area (Å²) in [5, 5.41) is 3.61. The molecule has 1 aromatic rings. The highest BCUT2D eigenvalue weighted by Gasteiger charge is 2.39. The first-order chi connectivity index (χ1) is 8.26. The molecule has 0 aromatic carbocycles. The fraction of sp³-hybridized carbons (Fsp3) is 0.643. The molecule has 2 fully saturated rings. The van der Waals surface area contributed by atoms with E-state index in [1.165, 1.54) is 25.7 Å². The molecule has 0 radical (unpaired) electrons. The van der Waals surface area contributed by atoms with Gasteiger partial charge in [-0.15, -0.1) is 0 Å². The molecule has 3 rings (SSSR count). The van der Waals surface area contributed by atoms with Crippen molar-refractivity contribution in [1.82, 2.24) is 4.57 Å². The Morgan fingerprint density at radius 2 is 2.24 bits per heavy atom. The van der Waals surface area contributed by atoms with Crippen LogP contribution in [0.1, 0.15) is 32.6 Å². The zero-order valence-corrected chi connectivity index (χ0v) is 10.4. The fourth-order valence-corrected chi connectivity index (χ4v) is 3.50. The summed E-state index contributed by atoms with van der Waals surface area (Å²) in [7, 11) is 0. The van der Waals surface area contributed by atoms with Gasteiger partial charge in [-0.1, -0.05) is 6.42 Å². The molecule has 2 aliphatic rings. The Morgan fingerprint density at radius 1 is 1.35 bits per heavy atom. The molecular formula is C14H20N2O. The van der Waals surface area contributed by atoms with Crippen LogP contribution in [0.3, 0.4) is 0 Å². The van der Waals surface area contributed by atoms with Gasteiger partial charge in [0, 0.05) is 24.8 Å². The summed E-state index contributed by atoms with van der Waals surface area (Å²) in [4.78, 5) is 11.5. The minimum atomic E-state index is 0.0889. The topological polar surface area (TPSA) is 34.0 Å². The monoisotopic (exact) mass is 232 g/mol. The molecule has 2 saturated carbocycles. The second kappa shape index (κ2) is 4.21. The van der Waals surface area contributed by atoms with Crippen LogP contribution < -0.4 is 10.9 Å². The average Bonchev–Trinajstić information content (AvgIpc) is 2.93. The van der Waals surface area contributed by atoms with E-state index in [1.807, 2.05) is 19.2 Å². The number of anilines is 1. The zero-order chi connectivity index (χ0) is 11.8. The fourth-order valence-electron chi connectivity index (χ4n) is 3.50. The highest BCUT2D eigenvalue weighted by molar-refractivity contribution is 5.42. The van der Waals surface area contributed by atoms with Gasteiger partial charge >= 0.3 is 0 Å². The van der Waals surface area contributed by atoms with Gasteiger partial charge in [-0.25, -0.2) is 0 Å². The van der Waals surface area contributed by atoms with Crippen molar-refractivity contribution in [2.45, 2.75) is 45.2 Å². The predicted octanol–water partition coefficient (Wildman–Crippen LogP) is 2.47. The van der Waals surface area contributed by atoms with Crippen molar-refractivity contribution >= 4 is 5.69 Å². The van der Waals surface area contributed by atoms with Gasteiger partial charge in [0.05, 0.1) is 5.69 Å². The van der Waals surface area contributed by atoms with Gasteiger partial charge < -0.3 is 9.88 Å². The van der Waals surface area contributed by atoms with Crippen molar-refractivity contribution in [2.75, 3.05) is 5.32 Å². The molecule has 2 aliphatic carbocycles. The van der Waals surface area contributed by atoms with Crippen LogP contribution in [0.25, 0.3) is 0 Å². The molecule has 0 saturated heterocycles. The number of aromatic nitrogens is 1. The lowest BCUT2D eigenvalue weighted by Crippen LogP contribution is -2.27. The maximum absolute atomic E-state index is 11.5. The van der Waals surface area contributed by atoms with E-state index >= 15 is 0 Å². The number of fused-ring (bicyclic) bond motifs is 2. The third kappa shape index (κ3) is 1.99. The van der Waals surface area contributed by atoms with E-state index in [2.05, 4.69) is 5.32 Å². The second-order valence-corrected chi connectivity index (χ2v) is 5.47. The highest BCUT2D eigenvalue weighted by Crippen LogP contribution is 2.45. The van der Waals surface area contributed by atoms with Crippen LogP contribution in [-0.4, -0.2) is 10.6 Å². The Bertz CT molecular complexity index is 466. The number of aryl methyl sites for hydroxylation is 1. The Kier molecular flexibility index (Phi) is 2.69. The summed E-state index contributed by atoms with van der Waals surface area (Å²) in [6, 6.07) is 4.22. The van der Waals surface area contributed by atoms with Gasteiger partial charge in [0.15, 0.2) is 0 Å². The van der Waals surface area contributed by atoms with Gasteiger partial charge in [-0.05, 0) is 44.1 Å². The summed E-state index contributed by atoms with van der Waals surface area (Å²) in [5.41, 5.74) is 1.19. The Balaban J connectivity index is 1.75. The smallest absolute Gasteiger partial charge is 0.250 e. The normalized spacial score (nSPS) is 30.8. The van der Waals surface area contributed by atoms with E-state index < -0.39 is 0 Å². The minimum absolute atomic E-state index is 0.0889. The number of nitrogens with one attached hydrogen (secondary N) is 1. The van der Waals surface area contributed by atoms with E-state index in [0.29, 0.717) is 6.04 Å². The van der Waals surface area contributed by atoms with Crippen molar-refractivity contribution in [2.24, 2.45) is 11.8 Å². The molecule has 2 bridgehead atoms. The van der Waals surface area contributed by atoms with Gasteiger partial charge in [0.1, 0.15) is 0 Å². The first-order valence-corrected chi connectivity index (χ1v) is 6.73. The molecule has 3 nitrogen and oxygen atoms in total. The Hall–Kier alpha value is -1.25. The third-order valence-corrected chi connectivity index (χ3v) is 4.41. The minimum Gasteiger partial charge on any atom is -0.381 e. The number of hydrogen-bond donors (Lipinski definition) is 1. The largest absolute Gasteiger partial charge is 0.381 e. The first kappa shape index (κ1) is 10.9. The van der Waals surface area contributed by atoms with Gasteiger partial charge in [-0.2, -0.15) is 0 Å². The van der Waals surface area contributed by atoms with Crippen molar-refractivity contribution in [3.05, 3.63) is 28.7 Å². The predicted molar refractivity (Wildman–Crippen MR) is 69.2 cm³/mol. The standard InChI is InChI=1S/C14H20N2O/c1-2-16-9-12(5-6-14(16)17)15-13-8-10-3-4-11(13)7-10/h5-6,9-11,13,15H,2-4,7-8H2,1H3. The summed E-state index contributed by atoms with van der Waals surface area (Å²) in [6.45, 7) is 2.74. The van der Waals surface area contributed by atoms with E-state index in [-0.39, 0.29) is 5.56 Å². The van der Waals surface area contributed by atoms with E-state index in [9.17, 15) is 4.79 Å².